The van der Waals surface area contributed by atoms with Crippen LogP contribution >= 0.6 is 0 Å². The van der Waals surface area contributed by atoms with Crippen LogP contribution < -0.4 is 0 Å². The number of carboxylic acid groups (broad SMARTS) is 1. The topological polar surface area (TPSA) is 73.7 Å². The number of hydrogen-bond acceptors (Lipinski definition) is 4. The quantitative estimate of drug-likeness (QED) is 0.848. The van der Waals surface area contributed by atoms with Crippen LogP contribution in [0.1, 0.15) is 24.7 Å². The number of likely N-dealkylation sites (tertiary alicyclic amines) is 1. The van der Waals surface area contributed by atoms with Crippen molar-refractivity contribution in [1.82, 2.24) is 9.88 Å². The molecular formula is C13H18N2O3. The zero-order valence-corrected chi connectivity index (χ0v) is 10.7. The van der Waals surface area contributed by atoms with Gasteiger partial charge in [0.1, 0.15) is 5.75 Å². The third-order valence-electron chi connectivity index (χ3n) is 3.53. The van der Waals surface area contributed by atoms with E-state index in [4.69, 9.17) is 5.11 Å². The Kier molecular flexibility index (Phi) is 3.26. The molecule has 0 amide bonds. The Balaban J connectivity index is 2.08. The maximum atomic E-state index is 11.2. The molecule has 98 valence electrons. The Morgan fingerprint density at radius 2 is 2.28 bits per heavy atom. The Labute approximate surface area is 106 Å². The number of aromatic nitrogens is 1. The monoisotopic (exact) mass is 250 g/mol. The summed E-state index contributed by atoms with van der Waals surface area (Å²) in [6, 6.07) is 3.38. The average molecular weight is 250 g/mol. The predicted octanol–water partition coefficient (Wildman–Crippen LogP) is 1.39. The minimum absolute atomic E-state index is 0.171. The molecule has 1 aliphatic rings. The molecule has 1 unspecified atom stereocenters. The van der Waals surface area contributed by atoms with E-state index in [0.717, 1.165) is 12.2 Å². The summed E-state index contributed by atoms with van der Waals surface area (Å²) in [6.45, 7) is 5.35. The van der Waals surface area contributed by atoms with Crippen molar-refractivity contribution in [3.8, 4) is 5.75 Å². The molecule has 0 aromatic carbocycles. The summed E-state index contributed by atoms with van der Waals surface area (Å²) in [5, 5.41) is 18.9. The summed E-state index contributed by atoms with van der Waals surface area (Å²) in [7, 11) is 0. The number of nitrogens with zero attached hydrogens (tertiary/aromatic N) is 2. The maximum absolute atomic E-state index is 11.2. The average Bonchev–Trinajstić information content (AvgIpc) is 2.67. The van der Waals surface area contributed by atoms with Crippen molar-refractivity contribution >= 4 is 5.97 Å². The van der Waals surface area contributed by atoms with Gasteiger partial charge in [-0.15, -0.1) is 0 Å². The molecule has 1 aromatic rings. The summed E-state index contributed by atoms with van der Waals surface area (Å²) < 4.78 is 0. The molecular weight excluding hydrogens is 232 g/mol. The van der Waals surface area contributed by atoms with E-state index in [1.807, 2.05) is 11.8 Å². The van der Waals surface area contributed by atoms with Crippen LogP contribution in [0, 0.1) is 12.3 Å². The maximum Gasteiger partial charge on any atom is 0.310 e. The Hall–Kier alpha value is -1.62. The third kappa shape index (κ3) is 2.46. The van der Waals surface area contributed by atoms with Crippen molar-refractivity contribution in [3.63, 3.8) is 0 Å². The first-order valence-corrected chi connectivity index (χ1v) is 6.02. The van der Waals surface area contributed by atoms with Gasteiger partial charge in [0.05, 0.1) is 11.1 Å². The second kappa shape index (κ2) is 4.57. The van der Waals surface area contributed by atoms with Gasteiger partial charge in [-0.05, 0) is 38.9 Å². The number of carboxylic acids is 1. The third-order valence-corrected chi connectivity index (χ3v) is 3.53. The van der Waals surface area contributed by atoms with Crippen LogP contribution in [-0.4, -0.2) is 39.2 Å². The minimum atomic E-state index is -0.758. The van der Waals surface area contributed by atoms with Gasteiger partial charge in [-0.2, -0.15) is 0 Å². The van der Waals surface area contributed by atoms with Gasteiger partial charge >= 0.3 is 5.97 Å². The zero-order valence-electron chi connectivity index (χ0n) is 10.7. The first-order valence-electron chi connectivity index (χ1n) is 6.02. The lowest BCUT2D eigenvalue weighted by molar-refractivity contribution is -0.147. The van der Waals surface area contributed by atoms with Gasteiger partial charge in [-0.25, -0.2) is 0 Å². The number of pyridine rings is 1. The van der Waals surface area contributed by atoms with Gasteiger partial charge in [-0.1, -0.05) is 0 Å². The van der Waals surface area contributed by atoms with Crippen LogP contribution in [0.25, 0.3) is 0 Å². The van der Waals surface area contributed by atoms with Gasteiger partial charge in [0.25, 0.3) is 0 Å². The van der Waals surface area contributed by atoms with Crippen LogP contribution in [-0.2, 0) is 11.3 Å². The van der Waals surface area contributed by atoms with E-state index in [1.165, 1.54) is 0 Å². The second-order valence-electron chi connectivity index (χ2n) is 5.24. The van der Waals surface area contributed by atoms with Crippen molar-refractivity contribution in [2.45, 2.75) is 26.8 Å². The van der Waals surface area contributed by atoms with Gasteiger partial charge in [0.2, 0.25) is 0 Å². The highest BCUT2D eigenvalue weighted by Gasteiger charge is 2.40. The highest BCUT2D eigenvalue weighted by atomic mass is 16.4. The van der Waals surface area contributed by atoms with Crippen LogP contribution in [0.5, 0.6) is 5.75 Å². The Morgan fingerprint density at radius 1 is 1.56 bits per heavy atom. The van der Waals surface area contributed by atoms with E-state index in [0.29, 0.717) is 25.2 Å². The fraction of sp³-hybridized carbons (Fsp3) is 0.538. The highest BCUT2D eigenvalue weighted by Crippen LogP contribution is 2.31. The molecule has 0 aliphatic carbocycles. The van der Waals surface area contributed by atoms with E-state index in [9.17, 15) is 9.90 Å². The molecule has 0 bridgehead atoms. The fourth-order valence-electron chi connectivity index (χ4n) is 2.30. The molecule has 1 aliphatic heterocycles. The first-order chi connectivity index (χ1) is 8.40. The molecule has 18 heavy (non-hydrogen) atoms. The summed E-state index contributed by atoms with van der Waals surface area (Å²) in [5.74, 6) is -0.587. The molecule has 0 saturated carbocycles. The van der Waals surface area contributed by atoms with E-state index < -0.39 is 11.4 Å². The van der Waals surface area contributed by atoms with Crippen LogP contribution in [0.2, 0.25) is 0 Å². The molecule has 1 saturated heterocycles. The van der Waals surface area contributed by atoms with E-state index >= 15 is 0 Å². The first kappa shape index (κ1) is 12.8. The fourth-order valence-corrected chi connectivity index (χ4v) is 2.30. The van der Waals surface area contributed by atoms with E-state index in [1.54, 1.807) is 19.1 Å². The molecule has 1 aromatic heterocycles. The van der Waals surface area contributed by atoms with Crippen molar-refractivity contribution in [3.05, 3.63) is 23.5 Å². The van der Waals surface area contributed by atoms with Crippen molar-refractivity contribution in [2.75, 3.05) is 13.1 Å². The van der Waals surface area contributed by atoms with E-state index in [-0.39, 0.29) is 5.75 Å². The lowest BCUT2D eigenvalue weighted by Gasteiger charge is -2.20. The predicted molar refractivity (Wildman–Crippen MR) is 66.3 cm³/mol. The van der Waals surface area contributed by atoms with Crippen LogP contribution in [0.3, 0.4) is 0 Å². The molecule has 5 heteroatoms. The zero-order chi connectivity index (χ0) is 13.3. The van der Waals surface area contributed by atoms with Crippen LogP contribution in [0.15, 0.2) is 12.1 Å². The van der Waals surface area contributed by atoms with Crippen LogP contribution in [0.4, 0.5) is 0 Å². The smallest absolute Gasteiger partial charge is 0.310 e. The number of aromatic hydroxyl groups is 1. The van der Waals surface area contributed by atoms with Gasteiger partial charge in [-0.3, -0.25) is 14.7 Å². The van der Waals surface area contributed by atoms with E-state index in [2.05, 4.69) is 4.98 Å². The molecule has 2 N–H and O–H groups in total. The molecule has 1 atom stereocenters. The summed E-state index contributed by atoms with van der Waals surface area (Å²) >= 11 is 0. The largest absolute Gasteiger partial charge is 0.506 e. The number of rotatable bonds is 3. The normalized spacial score (nSPS) is 24.3. The van der Waals surface area contributed by atoms with Gasteiger partial charge in [0.15, 0.2) is 0 Å². The van der Waals surface area contributed by atoms with Crippen molar-refractivity contribution in [2.24, 2.45) is 5.41 Å². The number of hydrogen-bond donors (Lipinski definition) is 2. The Bertz CT molecular complexity index is 475. The van der Waals surface area contributed by atoms with Crippen molar-refractivity contribution in [1.29, 1.82) is 0 Å². The SMILES string of the molecule is Cc1ccc(O)c(CN2CCC(C)(C(=O)O)C2)n1. The summed E-state index contributed by atoms with van der Waals surface area (Å²) in [4.78, 5) is 17.5. The standard InChI is InChI=1S/C13H18N2O3/c1-9-3-4-11(16)10(14-9)7-15-6-5-13(2,8-15)12(17)18/h3-4,16H,5-8H2,1-2H3,(H,17,18). The summed E-state index contributed by atoms with van der Waals surface area (Å²) in [5.41, 5.74) is 0.784. The number of aliphatic carboxylic acids is 1. The molecule has 1 fully saturated rings. The number of carbonyl (C=O) groups is 1. The highest BCUT2D eigenvalue weighted by molar-refractivity contribution is 5.74. The van der Waals surface area contributed by atoms with Gasteiger partial charge in [0, 0.05) is 18.8 Å². The van der Waals surface area contributed by atoms with Gasteiger partial charge < -0.3 is 10.2 Å². The molecule has 2 heterocycles. The van der Waals surface area contributed by atoms with Crippen molar-refractivity contribution < 1.29 is 15.0 Å². The Morgan fingerprint density at radius 3 is 2.89 bits per heavy atom. The lowest BCUT2D eigenvalue weighted by atomic mass is 9.90. The molecule has 2 rings (SSSR count). The number of aryl methyl sites for hydroxylation is 1. The molecule has 5 nitrogen and oxygen atoms in total. The second-order valence-corrected chi connectivity index (χ2v) is 5.24. The molecule has 0 radical (unpaired) electrons. The molecule has 0 spiro atoms. The lowest BCUT2D eigenvalue weighted by Crippen LogP contribution is -2.31. The minimum Gasteiger partial charge on any atom is -0.506 e. The summed E-state index contributed by atoms with van der Waals surface area (Å²) in [6.07, 6.45) is 0.634.